The summed E-state index contributed by atoms with van der Waals surface area (Å²) in [6, 6.07) is 0. The smallest absolute Gasteiger partial charge is 0.00489 e. The molecule has 0 aliphatic rings. The number of hydrogen-bond acceptors (Lipinski definition) is 1. The van der Waals surface area contributed by atoms with E-state index in [4.69, 9.17) is 5.73 Å². The van der Waals surface area contributed by atoms with Crippen LogP contribution in [0.5, 0.6) is 0 Å². The summed E-state index contributed by atoms with van der Waals surface area (Å²) in [5, 5.41) is 0. The van der Waals surface area contributed by atoms with E-state index in [1.165, 1.54) is 51.4 Å². The van der Waals surface area contributed by atoms with Crippen molar-refractivity contribution in [1.29, 1.82) is 0 Å². The monoisotopic (exact) mass is 197 g/mol. The molecule has 0 amide bonds. The lowest BCUT2D eigenvalue weighted by Crippen LogP contribution is -2.14. The summed E-state index contributed by atoms with van der Waals surface area (Å²) in [5.41, 5.74) is 5.74. The van der Waals surface area contributed by atoms with Gasteiger partial charge in [-0.05, 0) is 38.1 Å². The molecule has 0 aliphatic carbocycles. The van der Waals surface area contributed by atoms with Crippen LogP contribution in [0.3, 0.4) is 0 Å². The van der Waals surface area contributed by atoms with Gasteiger partial charge in [-0.25, -0.2) is 0 Å². The molecule has 1 atom stereocenters. The zero-order chi connectivity index (χ0) is 10.6. The van der Waals surface area contributed by atoms with E-state index in [1.807, 2.05) is 6.08 Å². The number of allylic oxidation sites excluding steroid dienone is 1. The summed E-state index contributed by atoms with van der Waals surface area (Å²) >= 11 is 0. The van der Waals surface area contributed by atoms with Crippen LogP contribution < -0.4 is 5.73 Å². The Labute approximate surface area is 89.8 Å². The molecule has 0 rings (SSSR count). The Morgan fingerprint density at radius 2 is 1.86 bits per heavy atom. The molecule has 1 heteroatoms. The first-order valence-corrected chi connectivity index (χ1v) is 6.16. The van der Waals surface area contributed by atoms with Gasteiger partial charge in [0.05, 0.1) is 0 Å². The van der Waals surface area contributed by atoms with Gasteiger partial charge >= 0.3 is 0 Å². The Bertz CT molecular complexity index is 120. The van der Waals surface area contributed by atoms with Crippen LogP contribution in [0, 0.1) is 5.92 Å². The van der Waals surface area contributed by atoms with Crippen LogP contribution in [0.15, 0.2) is 12.7 Å². The molecule has 0 spiro atoms. The summed E-state index contributed by atoms with van der Waals surface area (Å²) in [6.45, 7) is 6.85. The first-order valence-electron chi connectivity index (χ1n) is 6.16. The second-order valence-electron chi connectivity index (χ2n) is 4.17. The van der Waals surface area contributed by atoms with Crippen molar-refractivity contribution in [3.05, 3.63) is 12.7 Å². The summed E-state index contributed by atoms with van der Waals surface area (Å²) in [5.74, 6) is 0.777. The van der Waals surface area contributed by atoms with Gasteiger partial charge in [0.15, 0.2) is 0 Å². The fraction of sp³-hybridized carbons (Fsp3) is 0.846. The molecular weight excluding hydrogens is 170 g/mol. The van der Waals surface area contributed by atoms with Crippen LogP contribution in [0.4, 0.5) is 0 Å². The van der Waals surface area contributed by atoms with Gasteiger partial charge in [-0.1, -0.05) is 38.7 Å². The Morgan fingerprint density at radius 1 is 1.14 bits per heavy atom. The fourth-order valence-electron chi connectivity index (χ4n) is 1.77. The molecule has 2 N–H and O–H groups in total. The van der Waals surface area contributed by atoms with E-state index < -0.39 is 0 Å². The third kappa shape index (κ3) is 8.31. The largest absolute Gasteiger partial charge is 0.330 e. The second-order valence-corrected chi connectivity index (χ2v) is 4.17. The molecular formula is C13H27N. The zero-order valence-electron chi connectivity index (χ0n) is 9.80. The molecule has 0 heterocycles. The third-order valence-corrected chi connectivity index (χ3v) is 2.82. The minimum Gasteiger partial charge on any atom is -0.330 e. The fourth-order valence-corrected chi connectivity index (χ4v) is 1.77. The molecule has 0 saturated carbocycles. The van der Waals surface area contributed by atoms with Crippen LogP contribution in [-0.2, 0) is 0 Å². The predicted molar refractivity (Wildman–Crippen MR) is 65.4 cm³/mol. The minimum atomic E-state index is 0.777. The van der Waals surface area contributed by atoms with E-state index in [0.29, 0.717) is 0 Å². The van der Waals surface area contributed by atoms with Crippen LogP contribution in [0.1, 0.15) is 58.3 Å². The molecule has 0 aromatic heterocycles. The van der Waals surface area contributed by atoms with E-state index >= 15 is 0 Å². The van der Waals surface area contributed by atoms with Crippen molar-refractivity contribution >= 4 is 0 Å². The number of hydrogen-bond donors (Lipinski definition) is 1. The molecule has 0 aromatic rings. The maximum Gasteiger partial charge on any atom is -0.00489 e. The maximum atomic E-state index is 5.74. The van der Waals surface area contributed by atoms with Gasteiger partial charge in [0.1, 0.15) is 0 Å². The van der Waals surface area contributed by atoms with Crippen molar-refractivity contribution in [2.45, 2.75) is 58.3 Å². The van der Waals surface area contributed by atoms with E-state index in [1.54, 1.807) is 0 Å². The average molecular weight is 197 g/mol. The summed E-state index contributed by atoms with van der Waals surface area (Å²) in [4.78, 5) is 0. The lowest BCUT2D eigenvalue weighted by molar-refractivity contribution is 0.422. The predicted octanol–water partition coefficient (Wildman–Crippen LogP) is 3.89. The highest BCUT2D eigenvalue weighted by Crippen LogP contribution is 2.15. The highest BCUT2D eigenvalue weighted by Gasteiger charge is 2.04. The standard InChI is InChI=1S/C13H27N/c1-3-5-7-8-9-11-13(12-14)10-6-4-2/h3,13H,1,4-12,14H2,2H3. The van der Waals surface area contributed by atoms with Gasteiger partial charge in [-0.2, -0.15) is 0 Å². The highest BCUT2D eigenvalue weighted by atomic mass is 14.5. The Morgan fingerprint density at radius 3 is 2.43 bits per heavy atom. The Balaban J connectivity index is 3.28. The average Bonchev–Trinajstić information content (AvgIpc) is 2.22. The van der Waals surface area contributed by atoms with Crippen molar-refractivity contribution in [3.8, 4) is 0 Å². The summed E-state index contributed by atoms with van der Waals surface area (Å²) in [7, 11) is 0. The van der Waals surface area contributed by atoms with Gasteiger partial charge in [0.25, 0.3) is 0 Å². The molecule has 0 fully saturated rings. The van der Waals surface area contributed by atoms with Gasteiger partial charge in [0.2, 0.25) is 0 Å². The molecule has 0 bridgehead atoms. The first-order chi connectivity index (χ1) is 6.85. The van der Waals surface area contributed by atoms with Crippen molar-refractivity contribution in [1.82, 2.24) is 0 Å². The van der Waals surface area contributed by atoms with E-state index in [-0.39, 0.29) is 0 Å². The molecule has 84 valence electrons. The van der Waals surface area contributed by atoms with Crippen LogP contribution in [0.25, 0.3) is 0 Å². The van der Waals surface area contributed by atoms with Gasteiger partial charge < -0.3 is 5.73 Å². The van der Waals surface area contributed by atoms with Crippen LogP contribution in [0.2, 0.25) is 0 Å². The minimum absolute atomic E-state index is 0.777. The van der Waals surface area contributed by atoms with Crippen molar-refractivity contribution < 1.29 is 0 Å². The normalized spacial score (nSPS) is 12.7. The number of nitrogens with two attached hydrogens (primary N) is 1. The molecule has 0 radical (unpaired) electrons. The molecule has 0 aromatic carbocycles. The molecule has 0 aliphatic heterocycles. The van der Waals surface area contributed by atoms with Crippen molar-refractivity contribution in [2.75, 3.05) is 6.54 Å². The molecule has 1 nitrogen and oxygen atoms in total. The lowest BCUT2D eigenvalue weighted by atomic mass is 9.95. The lowest BCUT2D eigenvalue weighted by Gasteiger charge is -2.13. The first kappa shape index (κ1) is 13.7. The topological polar surface area (TPSA) is 26.0 Å². The molecule has 1 unspecified atom stereocenters. The quantitative estimate of drug-likeness (QED) is 0.417. The zero-order valence-corrected chi connectivity index (χ0v) is 9.80. The van der Waals surface area contributed by atoms with Gasteiger partial charge in [0, 0.05) is 0 Å². The SMILES string of the molecule is C=CCCCCCC(CN)CCCC. The number of rotatable bonds is 10. The van der Waals surface area contributed by atoms with E-state index in [0.717, 1.165) is 12.5 Å². The van der Waals surface area contributed by atoms with Gasteiger partial charge in [-0.15, -0.1) is 6.58 Å². The van der Waals surface area contributed by atoms with Crippen molar-refractivity contribution in [2.24, 2.45) is 11.7 Å². The van der Waals surface area contributed by atoms with Crippen LogP contribution in [-0.4, -0.2) is 6.54 Å². The van der Waals surface area contributed by atoms with Crippen LogP contribution >= 0.6 is 0 Å². The molecule has 0 saturated heterocycles. The van der Waals surface area contributed by atoms with Crippen molar-refractivity contribution in [3.63, 3.8) is 0 Å². The third-order valence-electron chi connectivity index (χ3n) is 2.82. The highest BCUT2D eigenvalue weighted by molar-refractivity contribution is 4.66. The second kappa shape index (κ2) is 10.8. The Kier molecular flexibility index (Phi) is 10.5. The maximum absolute atomic E-state index is 5.74. The molecule has 14 heavy (non-hydrogen) atoms. The number of unbranched alkanes of at least 4 members (excludes halogenated alkanes) is 4. The summed E-state index contributed by atoms with van der Waals surface area (Å²) in [6.07, 6.45) is 12.5. The Hall–Kier alpha value is -0.300. The van der Waals surface area contributed by atoms with E-state index in [2.05, 4.69) is 13.5 Å². The van der Waals surface area contributed by atoms with Gasteiger partial charge in [-0.3, -0.25) is 0 Å². The summed E-state index contributed by atoms with van der Waals surface area (Å²) < 4.78 is 0. The van der Waals surface area contributed by atoms with E-state index in [9.17, 15) is 0 Å².